The van der Waals surface area contributed by atoms with Crippen molar-refractivity contribution in [2.24, 2.45) is 0 Å². The van der Waals surface area contributed by atoms with Gasteiger partial charge in [0.25, 0.3) is 5.91 Å². The summed E-state index contributed by atoms with van der Waals surface area (Å²) in [6.45, 7) is 1.70. The van der Waals surface area contributed by atoms with E-state index in [1.54, 1.807) is 31.2 Å². The highest BCUT2D eigenvalue weighted by molar-refractivity contribution is 6.35. The summed E-state index contributed by atoms with van der Waals surface area (Å²) in [5, 5.41) is 5.49. The van der Waals surface area contributed by atoms with Crippen LogP contribution in [-0.2, 0) is 4.79 Å². The van der Waals surface area contributed by atoms with Crippen molar-refractivity contribution in [1.82, 2.24) is 0 Å². The van der Waals surface area contributed by atoms with Gasteiger partial charge in [0.15, 0.2) is 0 Å². The van der Waals surface area contributed by atoms with Crippen LogP contribution in [0.4, 0.5) is 11.4 Å². The fraction of sp³-hybridized carbons (Fsp3) is 0.100. The summed E-state index contributed by atoms with van der Waals surface area (Å²) in [6, 6.07) is 15.4. The van der Waals surface area contributed by atoms with Crippen LogP contribution < -0.4 is 10.2 Å². The topological polar surface area (TPSA) is 49.4 Å². The number of rotatable bonds is 3. The SMILES string of the molecule is C[C@@H](C(=O)Nc1cc(Cl)cc(Cl)c1)N1C(=O)c2cccc3cccc1c23. The maximum absolute atomic E-state index is 12.9. The lowest BCUT2D eigenvalue weighted by molar-refractivity contribution is -0.117. The Kier molecular flexibility index (Phi) is 4.10. The van der Waals surface area contributed by atoms with Crippen molar-refractivity contribution in [2.75, 3.05) is 10.2 Å². The molecule has 0 aromatic heterocycles. The van der Waals surface area contributed by atoms with E-state index in [1.807, 2.05) is 30.3 Å². The van der Waals surface area contributed by atoms with E-state index in [4.69, 9.17) is 23.2 Å². The molecule has 0 spiro atoms. The molecule has 6 heteroatoms. The smallest absolute Gasteiger partial charge is 0.259 e. The number of benzene rings is 3. The van der Waals surface area contributed by atoms with Gasteiger partial charge >= 0.3 is 0 Å². The lowest BCUT2D eigenvalue weighted by Gasteiger charge is -2.24. The van der Waals surface area contributed by atoms with Crippen LogP contribution in [0.25, 0.3) is 10.8 Å². The van der Waals surface area contributed by atoms with Crippen LogP contribution in [0.15, 0.2) is 54.6 Å². The number of carbonyl (C=O) groups excluding carboxylic acids is 2. The van der Waals surface area contributed by atoms with Gasteiger partial charge in [0, 0.05) is 26.7 Å². The average Bonchev–Trinajstić information content (AvgIpc) is 2.88. The molecule has 0 bridgehead atoms. The van der Waals surface area contributed by atoms with Crippen molar-refractivity contribution < 1.29 is 9.59 Å². The van der Waals surface area contributed by atoms with Crippen LogP contribution >= 0.6 is 23.2 Å². The van der Waals surface area contributed by atoms with E-state index in [2.05, 4.69) is 5.32 Å². The van der Waals surface area contributed by atoms with E-state index in [9.17, 15) is 9.59 Å². The normalized spacial score (nSPS) is 14.0. The molecule has 2 amide bonds. The molecule has 0 unspecified atom stereocenters. The first-order chi connectivity index (χ1) is 12.5. The minimum atomic E-state index is -0.696. The Labute approximate surface area is 160 Å². The van der Waals surface area contributed by atoms with Crippen molar-refractivity contribution in [3.8, 4) is 0 Å². The first-order valence-electron chi connectivity index (χ1n) is 8.08. The van der Waals surface area contributed by atoms with Gasteiger partial charge in [0.1, 0.15) is 6.04 Å². The Morgan fingerprint density at radius 2 is 1.69 bits per heavy atom. The summed E-state index contributed by atoms with van der Waals surface area (Å²) in [5.74, 6) is -0.495. The molecule has 1 N–H and O–H groups in total. The van der Waals surface area contributed by atoms with Gasteiger partial charge in [-0.2, -0.15) is 0 Å². The molecule has 1 atom stereocenters. The zero-order valence-corrected chi connectivity index (χ0v) is 15.3. The van der Waals surface area contributed by atoms with Gasteiger partial charge in [-0.1, -0.05) is 47.5 Å². The molecule has 3 aromatic rings. The lowest BCUT2D eigenvalue weighted by atomic mass is 10.1. The van der Waals surface area contributed by atoms with Gasteiger partial charge in [0.2, 0.25) is 5.91 Å². The number of nitrogens with one attached hydrogen (secondary N) is 1. The van der Waals surface area contributed by atoms with Gasteiger partial charge in [0.05, 0.1) is 5.69 Å². The minimum Gasteiger partial charge on any atom is -0.324 e. The third-order valence-electron chi connectivity index (χ3n) is 4.49. The molecule has 1 heterocycles. The number of hydrogen-bond acceptors (Lipinski definition) is 2. The quantitative estimate of drug-likeness (QED) is 0.679. The van der Waals surface area contributed by atoms with Crippen LogP contribution in [0, 0.1) is 0 Å². The first kappa shape index (κ1) is 16.9. The highest BCUT2D eigenvalue weighted by Crippen LogP contribution is 2.38. The molecule has 0 fully saturated rings. The summed E-state index contributed by atoms with van der Waals surface area (Å²) in [6.07, 6.45) is 0. The summed E-state index contributed by atoms with van der Waals surface area (Å²) in [7, 11) is 0. The molecule has 0 saturated heterocycles. The van der Waals surface area contributed by atoms with Gasteiger partial charge in [-0.3, -0.25) is 14.5 Å². The molecule has 3 aromatic carbocycles. The summed E-state index contributed by atoms with van der Waals surface area (Å²) < 4.78 is 0. The van der Waals surface area contributed by atoms with Crippen LogP contribution in [0.1, 0.15) is 17.3 Å². The summed E-state index contributed by atoms with van der Waals surface area (Å²) in [5.41, 5.74) is 1.85. The second-order valence-corrected chi connectivity index (χ2v) is 7.05. The van der Waals surface area contributed by atoms with E-state index in [0.717, 1.165) is 16.5 Å². The third-order valence-corrected chi connectivity index (χ3v) is 4.92. The Morgan fingerprint density at radius 3 is 2.38 bits per heavy atom. The molecule has 0 aliphatic carbocycles. The van der Waals surface area contributed by atoms with Crippen LogP contribution in [0.3, 0.4) is 0 Å². The number of carbonyl (C=O) groups is 2. The molecular formula is C20H14Cl2N2O2. The lowest BCUT2D eigenvalue weighted by Crippen LogP contribution is -2.44. The van der Waals surface area contributed by atoms with Gasteiger partial charge in [-0.25, -0.2) is 0 Å². The maximum Gasteiger partial charge on any atom is 0.259 e. The maximum atomic E-state index is 12.9. The van der Waals surface area contributed by atoms with Crippen molar-refractivity contribution in [3.63, 3.8) is 0 Å². The Bertz CT molecular complexity index is 1040. The highest BCUT2D eigenvalue weighted by Gasteiger charge is 2.35. The largest absolute Gasteiger partial charge is 0.324 e. The zero-order valence-electron chi connectivity index (χ0n) is 13.8. The van der Waals surface area contributed by atoms with E-state index in [-0.39, 0.29) is 11.8 Å². The molecule has 4 rings (SSSR count). The van der Waals surface area contributed by atoms with Gasteiger partial charge in [-0.15, -0.1) is 0 Å². The highest BCUT2D eigenvalue weighted by atomic mass is 35.5. The predicted molar refractivity (Wildman–Crippen MR) is 105 cm³/mol. The molecule has 1 aliphatic heterocycles. The van der Waals surface area contributed by atoms with E-state index in [0.29, 0.717) is 21.3 Å². The molecular weight excluding hydrogens is 371 g/mol. The summed E-state index contributed by atoms with van der Waals surface area (Å²) >= 11 is 12.0. The van der Waals surface area contributed by atoms with E-state index < -0.39 is 6.04 Å². The van der Waals surface area contributed by atoms with Gasteiger partial charge < -0.3 is 5.32 Å². The molecule has 26 heavy (non-hydrogen) atoms. The number of hydrogen-bond donors (Lipinski definition) is 1. The first-order valence-corrected chi connectivity index (χ1v) is 8.83. The number of nitrogens with zero attached hydrogens (tertiary/aromatic N) is 1. The van der Waals surface area contributed by atoms with Crippen LogP contribution in [0.2, 0.25) is 10.0 Å². The van der Waals surface area contributed by atoms with Crippen molar-refractivity contribution >= 4 is 57.2 Å². The Morgan fingerprint density at radius 1 is 1.04 bits per heavy atom. The third kappa shape index (κ3) is 2.71. The number of halogens is 2. The van der Waals surface area contributed by atoms with Crippen molar-refractivity contribution in [3.05, 3.63) is 70.2 Å². The molecule has 130 valence electrons. The van der Waals surface area contributed by atoms with Crippen LogP contribution in [-0.4, -0.2) is 17.9 Å². The minimum absolute atomic E-state index is 0.177. The molecule has 4 nitrogen and oxygen atoms in total. The number of amides is 2. The Balaban J connectivity index is 1.67. The molecule has 1 aliphatic rings. The fourth-order valence-electron chi connectivity index (χ4n) is 3.31. The predicted octanol–water partition coefficient (Wildman–Crippen LogP) is 5.13. The summed E-state index contributed by atoms with van der Waals surface area (Å²) in [4.78, 5) is 27.2. The van der Waals surface area contributed by atoms with Crippen LogP contribution in [0.5, 0.6) is 0 Å². The monoisotopic (exact) mass is 384 g/mol. The van der Waals surface area contributed by atoms with E-state index >= 15 is 0 Å². The second kappa shape index (κ2) is 6.31. The molecule has 0 saturated carbocycles. The number of anilines is 2. The zero-order chi connectivity index (χ0) is 18.4. The second-order valence-electron chi connectivity index (χ2n) is 6.18. The van der Waals surface area contributed by atoms with Crippen molar-refractivity contribution in [2.45, 2.75) is 13.0 Å². The molecule has 0 radical (unpaired) electrons. The standard InChI is InChI=1S/C20H14Cl2N2O2/c1-11(19(25)23-15-9-13(21)8-14(22)10-15)24-17-7-3-5-12-4-2-6-16(18(12)17)20(24)26/h2-11H,1H3,(H,23,25)/t11-/m0/s1. The fourth-order valence-corrected chi connectivity index (χ4v) is 3.84. The van der Waals surface area contributed by atoms with Gasteiger partial charge in [-0.05, 0) is 42.6 Å². The Hall–Kier alpha value is -2.56. The average molecular weight is 385 g/mol. The van der Waals surface area contributed by atoms with E-state index in [1.165, 1.54) is 4.90 Å². The van der Waals surface area contributed by atoms with Crippen molar-refractivity contribution in [1.29, 1.82) is 0 Å².